The average molecular weight is 557 g/mol. The highest BCUT2D eigenvalue weighted by molar-refractivity contribution is 5.90. The van der Waals surface area contributed by atoms with Crippen LogP contribution >= 0.6 is 0 Å². The molecular formula is C30H41FN4O5. The van der Waals surface area contributed by atoms with Crippen molar-refractivity contribution in [3.63, 3.8) is 0 Å². The Labute approximate surface area is 234 Å². The molecule has 2 aromatic heterocycles. The summed E-state index contributed by atoms with van der Waals surface area (Å²) in [7, 11) is 0. The third kappa shape index (κ3) is 5.82. The lowest BCUT2D eigenvalue weighted by Crippen LogP contribution is -2.51. The van der Waals surface area contributed by atoms with Crippen LogP contribution in [0.1, 0.15) is 74.4 Å². The number of hydrogen-bond donors (Lipinski definition) is 0. The Hall–Kier alpha value is -3.14. The van der Waals surface area contributed by atoms with E-state index in [1.807, 2.05) is 27.7 Å². The van der Waals surface area contributed by atoms with Crippen LogP contribution in [0.15, 0.2) is 17.1 Å². The van der Waals surface area contributed by atoms with Crippen LogP contribution in [0.4, 0.5) is 14.9 Å². The summed E-state index contributed by atoms with van der Waals surface area (Å²) >= 11 is 0. The lowest BCUT2D eigenvalue weighted by molar-refractivity contribution is 0.0135. The molecule has 2 aromatic rings. The van der Waals surface area contributed by atoms with Gasteiger partial charge in [0.1, 0.15) is 11.2 Å². The molecule has 0 spiro atoms. The van der Waals surface area contributed by atoms with Gasteiger partial charge in [0.15, 0.2) is 5.82 Å². The fourth-order valence-electron chi connectivity index (χ4n) is 6.08. The second-order valence-corrected chi connectivity index (χ2v) is 12.4. The largest absolute Gasteiger partial charge is 0.462 e. The van der Waals surface area contributed by atoms with Crippen molar-refractivity contribution >= 4 is 23.3 Å². The van der Waals surface area contributed by atoms with E-state index in [0.717, 1.165) is 63.1 Å². The van der Waals surface area contributed by atoms with E-state index in [0.29, 0.717) is 30.2 Å². The van der Waals surface area contributed by atoms with E-state index >= 15 is 4.39 Å². The Morgan fingerprint density at radius 1 is 1.07 bits per heavy atom. The zero-order valence-electron chi connectivity index (χ0n) is 24.3. The quantitative estimate of drug-likeness (QED) is 0.494. The first-order valence-electron chi connectivity index (χ1n) is 14.5. The van der Waals surface area contributed by atoms with E-state index < -0.39 is 22.9 Å². The highest BCUT2D eigenvalue weighted by Gasteiger charge is 2.34. The number of ether oxygens (including phenoxy) is 2. The maximum absolute atomic E-state index is 15.7. The van der Waals surface area contributed by atoms with Gasteiger partial charge in [0, 0.05) is 45.8 Å². The monoisotopic (exact) mass is 556 g/mol. The Bertz CT molecular complexity index is 1350. The van der Waals surface area contributed by atoms with Crippen molar-refractivity contribution in [3.05, 3.63) is 45.1 Å². The van der Waals surface area contributed by atoms with Crippen molar-refractivity contribution in [3.8, 4) is 0 Å². The molecule has 40 heavy (non-hydrogen) atoms. The van der Waals surface area contributed by atoms with Gasteiger partial charge in [0.25, 0.3) is 5.56 Å². The normalized spacial score (nSPS) is 20.3. The molecule has 4 heterocycles. The highest BCUT2D eigenvalue weighted by Crippen LogP contribution is 2.44. The van der Waals surface area contributed by atoms with Crippen molar-refractivity contribution in [1.82, 2.24) is 14.2 Å². The minimum Gasteiger partial charge on any atom is -0.462 e. The van der Waals surface area contributed by atoms with Crippen molar-refractivity contribution in [2.24, 2.45) is 5.92 Å². The summed E-state index contributed by atoms with van der Waals surface area (Å²) in [6, 6.07) is 1.67. The zero-order chi connectivity index (χ0) is 28.8. The second-order valence-electron chi connectivity index (χ2n) is 12.4. The maximum atomic E-state index is 15.7. The van der Waals surface area contributed by atoms with E-state index in [4.69, 9.17) is 9.47 Å². The molecule has 0 N–H and O–H groups in total. The number of amides is 1. The molecule has 2 aliphatic heterocycles. The number of piperazine rings is 1. The summed E-state index contributed by atoms with van der Waals surface area (Å²) < 4.78 is 27.6. The lowest BCUT2D eigenvalue weighted by atomic mass is 10.0. The maximum Gasteiger partial charge on any atom is 0.410 e. The van der Waals surface area contributed by atoms with Crippen LogP contribution in [0, 0.1) is 18.7 Å². The number of anilines is 1. The van der Waals surface area contributed by atoms with Crippen LogP contribution in [0.5, 0.6) is 0 Å². The van der Waals surface area contributed by atoms with Gasteiger partial charge in [0.05, 0.1) is 24.0 Å². The molecule has 0 unspecified atom stereocenters. The van der Waals surface area contributed by atoms with Crippen LogP contribution in [-0.4, -0.2) is 84.3 Å². The first kappa shape index (κ1) is 28.4. The van der Waals surface area contributed by atoms with E-state index in [1.54, 1.807) is 17.9 Å². The second kappa shape index (κ2) is 11.0. The number of pyridine rings is 2. The van der Waals surface area contributed by atoms with Gasteiger partial charge in [-0.05, 0) is 82.9 Å². The summed E-state index contributed by atoms with van der Waals surface area (Å²) in [4.78, 5) is 44.4. The van der Waals surface area contributed by atoms with Crippen molar-refractivity contribution in [1.29, 1.82) is 0 Å². The number of carbonyl (C=O) groups excluding carboxylic acids is 2. The predicted molar refractivity (Wildman–Crippen MR) is 151 cm³/mol. The average Bonchev–Trinajstić information content (AvgIpc) is 3.63. The van der Waals surface area contributed by atoms with E-state index in [2.05, 4.69) is 9.80 Å². The highest BCUT2D eigenvalue weighted by atomic mass is 19.1. The first-order valence-corrected chi connectivity index (χ1v) is 14.5. The third-order valence-electron chi connectivity index (χ3n) is 8.10. The van der Waals surface area contributed by atoms with E-state index in [1.165, 1.54) is 10.6 Å². The number of carbonyl (C=O) groups is 2. The number of hydrogen-bond acceptors (Lipinski definition) is 7. The molecule has 0 bridgehead atoms. The van der Waals surface area contributed by atoms with E-state index in [9.17, 15) is 14.4 Å². The number of rotatable bonds is 6. The third-order valence-corrected chi connectivity index (χ3v) is 8.10. The van der Waals surface area contributed by atoms with Crippen LogP contribution in [0.3, 0.4) is 0 Å². The zero-order valence-corrected chi connectivity index (χ0v) is 24.3. The van der Waals surface area contributed by atoms with Gasteiger partial charge < -0.3 is 19.3 Å². The Balaban J connectivity index is 1.31. The molecule has 1 amide bonds. The van der Waals surface area contributed by atoms with Gasteiger partial charge in [-0.25, -0.2) is 14.0 Å². The van der Waals surface area contributed by atoms with Crippen molar-refractivity contribution in [2.75, 3.05) is 57.3 Å². The molecule has 10 heteroatoms. The molecule has 1 atom stereocenters. The fourth-order valence-corrected chi connectivity index (χ4v) is 6.08. The van der Waals surface area contributed by atoms with Crippen LogP contribution < -0.4 is 10.5 Å². The molecule has 9 nitrogen and oxygen atoms in total. The molecule has 3 aliphatic rings. The number of nitrogens with zero attached hydrogens (tertiary/aromatic N) is 4. The molecule has 2 saturated heterocycles. The summed E-state index contributed by atoms with van der Waals surface area (Å²) in [5.74, 6) is -0.493. The Kier molecular flexibility index (Phi) is 7.83. The summed E-state index contributed by atoms with van der Waals surface area (Å²) in [6.07, 6.45) is 3.89. The molecule has 0 aromatic carbocycles. The SMILES string of the molecule is CCOC(=O)c1cc(C2CC2)c2c(C)c(N3CC[C@H](CN4CCN(C(=O)OC(C)(C)C)CC4)C3)c(F)cn2c1=O. The summed E-state index contributed by atoms with van der Waals surface area (Å²) in [5, 5.41) is 0. The molecule has 0 radical (unpaired) electrons. The van der Waals surface area contributed by atoms with Gasteiger partial charge in [-0.15, -0.1) is 0 Å². The van der Waals surface area contributed by atoms with Gasteiger partial charge in [-0.3, -0.25) is 14.1 Å². The van der Waals surface area contributed by atoms with Crippen molar-refractivity contribution in [2.45, 2.75) is 65.4 Å². The van der Waals surface area contributed by atoms with E-state index in [-0.39, 0.29) is 24.2 Å². The lowest BCUT2D eigenvalue weighted by Gasteiger charge is -2.36. The van der Waals surface area contributed by atoms with Gasteiger partial charge in [0.2, 0.25) is 0 Å². The minimum atomic E-state index is -0.666. The molecule has 1 aliphatic carbocycles. The standard InChI is InChI=1S/C30H41FN4O5/c1-6-39-28(37)23-15-22(21-7-8-21)25-19(2)26(24(31)18-35(25)27(23)36)34-10-9-20(17-34)16-32-11-13-33(14-12-32)29(38)40-30(3,4)5/h15,18,20-21H,6-14,16-17H2,1-5H3/t20-/m1/s1. The number of fused-ring (bicyclic) bond motifs is 1. The molecular weight excluding hydrogens is 515 g/mol. The van der Waals surface area contributed by atoms with Gasteiger partial charge in [-0.2, -0.15) is 0 Å². The molecule has 5 rings (SSSR count). The number of esters is 1. The molecule has 218 valence electrons. The smallest absolute Gasteiger partial charge is 0.410 e. The fraction of sp³-hybridized carbons (Fsp3) is 0.633. The van der Waals surface area contributed by atoms with Gasteiger partial charge >= 0.3 is 12.1 Å². The number of halogens is 1. The molecule has 3 fully saturated rings. The number of aryl methyl sites for hydroxylation is 1. The summed E-state index contributed by atoms with van der Waals surface area (Å²) in [5.41, 5.74) is 1.81. The van der Waals surface area contributed by atoms with Crippen LogP contribution in [-0.2, 0) is 9.47 Å². The summed E-state index contributed by atoms with van der Waals surface area (Å²) in [6.45, 7) is 14.6. The van der Waals surface area contributed by atoms with Crippen LogP contribution in [0.2, 0.25) is 0 Å². The topological polar surface area (TPSA) is 83.8 Å². The minimum absolute atomic E-state index is 0.0409. The predicted octanol–water partition coefficient (Wildman–Crippen LogP) is 4.18. The Morgan fingerprint density at radius 2 is 1.77 bits per heavy atom. The first-order chi connectivity index (χ1) is 19.0. The Morgan fingerprint density at radius 3 is 2.40 bits per heavy atom. The van der Waals surface area contributed by atoms with Crippen molar-refractivity contribution < 1.29 is 23.5 Å². The number of aromatic nitrogens is 1. The molecule has 1 saturated carbocycles. The van der Waals surface area contributed by atoms with Crippen LogP contribution in [0.25, 0.3) is 5.52 Å². The van der Waals surface area contributed by atoms with Gasteiger partial charge in [-0.1, -0.05) is 0 Å².